The molecule has 1 aromatic heterocycles. The number of hydrogen-bond acceptors (Lipinski definition) is 4. The molecule has 1 fully saturated rings. The van der Waals surface area contributed by atoms with Crippen LogP contribution in [0.3, 0.4) is 0 Å². The lowest BCUT2D eigenvalue weighted by atomic mass is 9.93. The van der Waals surface area contributed by atoms with Crippen molar-refractivity contribution in [1.82, 2.24) is 20.3 Å². The number of ketones is 1. The molecule has 1 aromatic rings. The molecule has 2 heterocycles. The molecular formula is C9H14N4O. The second-order valence-electron chi connectivity index (χ2n) is 3.71. The molecule has 1 unspecified atom stereocenters. The highest BCUT2D eigenvalue weighted by Crippen LogP contribution is 2.11. The largest absolute Gasteiger partial charge is 0.316 e. The van der Waals surface area contributed by atoms with Crippen LogP contribution >= 0.6 is 0 Å². The summed E-state index contributed by atoms with van der Waals surface area (Å²) < 4.78 is 1.66. The zero-order valence-corrected chi connectivity index (χ0v) is 8.23. The van der Waals surface area contributed by atoms with E-state index in [4.69, 9.17) is 0 Å². The Balaban J connectivity index is 1.99. The van der Waals surface area contributed by atoms with E-state index >= 15 is 0 Å². The Hall–Kier alpha value is -1.23. The fourth-order valence-corrected chi connectivity index (χ4v) is 1.73. The Bertz CT molecular complexity index is 333. The Morgan fingerprint density at radius 1 is 1.71 bits per heavy atom. The molecule has 0 bridgehead atoms. The van der Waals surface area contributed by atoms with Crippen molar-refractivity contribution in [3.63, 3.8) is 0 Å². The summed E-state index contributed by atoms with van der Waals surface area (Å²) in [6, 6.07) is 0. The van der Waals surface area contributed by atoms with E-state index < -0.39 is 0 Å². The predicted octanol–water partition coefficient (Wildman–Crippen LogP) is -0.464. The van der Waals surface area contributed by atoms with Crippen molar-refractivity contribution < 1.29 is 4.79 Å². The zero-order valence-electron chi connectivity index (χ0n) is 8.23. The normalized spacial score (nSPS) is 22.6. The Morgan fingerprint density at radius 2 is 2.57 bits per heavy atom. The first kappa shape index (κ1) is 9.33. The smallest absolute Gasteiger partial charge is 0.138 e. The molecule has 0 amide bonds. The van der Waals surface area contributed by atoms with Crippen LogP contribution in [0.2, 0.25) is 0 Å². The summed E-state index contributed by atoms with van der Waals surface area (Å²) in [5.74, 6) is 0.426. The fourth-order valence-electron chi connectivity index (χ4n) is 1.73. The number of piperidine rings is 1. The molecular weight excluding hydrogens is 180 g/mol. The number of carbonyl (C=O) groups excluding carboxylic acids is 1. The molecule has 0 saturated carbocycles. The lowest BCUT2D eigenvalue weighted by Crippen LogP contribution is -2.38. The number of carbonyl (C=O) groups is 1. The number of nitrogens with zero attached hydrogens (tertiary/aromatic N) is 3. The lowest BCUT2D eigenvalue weighted by Gasteiger charge is -2.20. The predicted molar refractivity (Wildman–Crippen MR) is 50.7 cm³/mol. The van der Waals surface area contributed by atoms with Gasteiger partial charge in [-0.2, -0.15) is 0 Å². The molecule has 0 spiro atoms. The molecule has 76 valence electrons. The van der Waals surface area contributed by atoms with Crippen LogP contribution in [0.1, 0.15) is 12.1 Å². The molecule has 2 rings (SSSR count). The minimum absolute atomic E-state index is 0.0837. The first-order valence-electron chi connectivity index (χ1n) is 4.84. The van der Waals surface area contributed by atoms with Gasteiger partial charge in [-0.25, -0.2) is 0 Å². The summed E-state index contributed by atoms with van der Waals surface area (Å²) in [4.78, 5) is 11.5. The average molecular weight is 194 g/mol. The quantitative estimate of drug-likeness (QED) is 0.692. The van der Waals surface area contributed by atoms with Gasteiger partial charge in [0.15, 0.2) is 0 Å². The third-order valence-corrected chi connectivity index (χ3v) is 2.50. The van der Waals surface area contributed by atoms with Crippen molar-refractivity contribution >= 4 is 5.78 Å². The van der Waals surface area contributed by atoms with Crippen LogP contribution < -0.4 is 5.32 Å². The standard InChI is InChI=1S/C9H14N4O/c1-13-6-8(11-12-13)4-7-5-10-3-2-9(7)14/h6-7,10H,2-5H2,1H3. The maximum Gasteiger partial charge on any atom is 0.138 e. The van der Waals surface area contributed by atoms with E-state index in [0.29, 0.717) is 18.6 Å². The van der Waals surface area contributed by atoms with Gasteiger partial charge in [-0.3, -0.25) is 9.48 Å². The second kappa shape index (κ2) is 3.88. The van der Waals surface area contributed by atoms with Gasteiger partial charge in [0, 0.05) is 45.1 Å². The number of Topliss-reactive ketones (excluding diaryl/α,β-unsaturated/α-hetero) is 1. The minimum atomic E-state index is 0.0837. The molecule has 0 aromatic carbocycles. The Morgan fingerprint density at radius 3 is 3.21 bits per heavy atom. The minimum Gasteiger partial charge on any atom is -0.316 e. The number of aryl methyl sites for hydroxylation is 1. The van der Waals surface area contributed by atoms with Gasteiger partial charge in [0.05, 0.1) is 5.69 Å². The maximum absolute atomic E-state index is 11.5. The van der Waals surface area contributed by atoms with Gasteiger partial charge in [-0.1, -0.05) is 5.21 Å². The van der Waals surface area contributed by atoms with E-state index in [2.05, 4.69) is 15.6 Å². The number of hydrogen-bond donors (Lipinski definition) is 1. The van der Waals surface area contributed by atoms with Gasteiger partial charge >= 0.3 is 0 Å². The SMILES string of the molecule is Cn1cc(CC2CNCCC2=O)nn1. The first-order chi connectivity index (χ1) is 6.75. The third kappa shape index (κ3) is 1.98. The molecule has 1 N–H and O–H groups in total. The number of rotatable bonds is 2. The Labute approximate surface area is 82.5 Å². The molecule has 5 nitrogen and oxygen atoms in total. The van der Waals surface area contributed by atoms with Crippen molar-refractivity contribution in [2.24, 2.45) is 13.0 Å². The van der Waals surface area contributed by atoms with Gasteiger partial charge in [-0.05, 0) is 0 Å². The number of aromatic nitrogens is 3. The molecule has 1 atom stereocenters. The van der Waals surface area contributed by atoms with Crippen LogP contribution in [0, 0.1) is 5.92 Å². The summed E-state index contributed by atoms with van der Waals surface area (Å²) in [6.07, 6.45) is 3.21. The average Bonchev–Trinajstić information content (AvgIpc) is 2.56. The van der Waals surface area contributed by atoms with Crippen LogP contribution in [0.15, 0.2) is 6.20 Å². The summed E-state index contributed by atoms with van der Waals surface area (Å²) in [5, 5.41) is 11.0. The molecule has 1 aliphatic heterocycles. The van der Waals surface area contributed by atoms with Crippen molar-refractivity contribution in [2.75, 3.05) is 13.1 Å². The van der Waals surface area contributed by atoms with Crippen LogP contribution in [0.4, 0.5) is 0 Å². The topological polar surface area (TPSA) is 59.8 Å². The number of nitrogens with one attached hydrogen (secondary N) is 1. The molecule has 0 aliphatic carbocycles. The van der Waals surface area contributed by atoms with Gasteiger partial charge in [0.25, 0.3) is 0 Å². The van der Waals surface area contributed by atoms with Crippen LogP contribution in [0.5, 0.6) is 0 Å². The summed E-state index contributed by atoms with van der Waals surface area (Å²) in [7, 11) is 1.83. The molecule has 1 saturated heterocycles. The van der Waals surface area contributed by atoms with Crippen molar-refractivity contribution in [2.45, 2.75) is 12.8 Å². The zero-order chi connectivity index (χ0) is 9.97. The Kier molecular flexibility index (Phi) is 2.58. The second-order valence-corrected chi connectivity index (χ2v) is 3.71. The van der Waals surface area contributed by atoms with Gasteiger partial charge < -0.3 is 5.32 Å². The van der Waals surface area contributed by atoms with Crippen LogP contribution in [0.25, 0.3) is 0 Å². The van der Waals surface area contributed by atoms with Crippen molar-refractivity contribution in [1.29, 1.82) is 0 Å². The van der Waals surface area contributed by atoms with Crippen LogP contribution in [-0.4, -0.2) is 33.9 Å². The van der Waals surface area contributed by atoms with E-state index in [9.17, 15) is 4.79 Å². The van der Waals surface area contributed by atoms with Crippen molar-refractivity contribution in [3.8, 4) is 0 Å². The molecule has 1 aliphatic rings. The van der Waals surface area contributed by atoms with E-state index in [1.54, 1.807) is 4.68 Å². The fraction of sp³-hybridized carbons (Fsp3) is 0.667. The lowest BCUT2D eigenvalue weighted by molar-refractivity contribution is -0.123. The van der Waals surface area contributed by atoms with Gasteiger partial charge in [0.1, 0.15) is 5.78 Å². The summed E-state index contributed by atoms with van der Waals surface area (Å²) in [6.45, 7) is 1.59. The molecule has 5 heteroatoms. The van der Waals surface area contributed by atoms with Gasteiger partial charge in [0.2, 0.25) is 0 Å². The third-order valence-electron chi connectivity index (χ3n) is 2.50. The monoisotopic (exact) mass is 194 g/mol. The van der Waals surface area contributed by atoms with Crippen molar-refractivity contribution in [3.05, 3.63) is 11.9 Å². The summed E-state index contributed by atoms with van der Waals surface area (Å²) in [5.41, 5.74) is 0.898. The van der Waals surface area contributed by atoms with E-state index in [0.717, 1.165) is 18.8 Å². The van der Waals surface area contributed by atoms with E-state index in [1.165, 1.54) is 0 Å². The van der Waals surface area contributed by atoms with Gasteiger partial charge in [-0.15, -0.1) is 5.10 Å². The van der Waals surface area contributed by atoms with Crippen LogP contribution in [-0.2, 0) is 18.3 Å². The van der Waals surface area contributed by atoms with E-state index in [-0.39, 0.29) is 5.92 Å². The highest BCUT2D eigenvalue weighted by atomic mass is 16.1. The summed E-state index contributed by atoms with van der Waals surface area (Å²) >= 11 is 0. The highest BCUT2D eigenvalue weighted by molar-refractivity contribution is 5.82. The first-order valence-corrected chi connectivity index (χ1v) is 4.84. The highest BCUT2D eigenvalue weighted by Gasteiger charge is 2.22. The molecule has 14 heavy (non-hydrogen) atoms. The van der Waals surface area contributed by atoms with E-state index in [1.807, 2.05) is 13.2 Å². The molecule has 0 radical (unpaired) electrons. The maximum atomic E-state index is 11.5.